The number of halogens is 3. The Kier molecular flexibility index (Phi) is 2.86. The van der Waals surface area contributed by atoms with Crippen LogP contribution in [-0.2, 0) is 4.79 Å². The molecule has 0 atom stereocenters. The Hall–Kier alpha value is -0.780. The zero-order valence-electron chi connectivity index (χ0n) is 8.86. The van der Waals surface area contributed by atoms with E-state index in [2.05, 4.69) is 10.6 Å². The number of piperidine rings is 1. The smallest absolute Gasteiger partial charge is 0.342 e. The molecule has 1 heterocycles. The van der Waals surface area contributed by atoms with Crippen LogP contribution in [-0.4, -0.2) is 30.7 Å². The molecule has 0 aromatic heterocycles. The third-order valence-corrected chi connectivity index (χ3v) is 3.37. The third-order valence-electron chi connectivity index (χ3n) is 3.37. The van der Waals surface area contributed by atoms with Crippen LogP contribution in [0.15, 0.2) is 0 Å². The molecule has 92 valence electrons. The number of alkyl halides is 3. The maximum atomic E-state index is 12.6. The minimum atomic E-state index is -4.31. The van der Waals surface area contributed by atoms with Crippen LogP contribution in [0.5, 0.6) is 0 Å². The molecule has 1 saturated carbocycles. The lowest BCUT2D eigenvalue weighted by Crippen LogP contribution is -2.51. The quantitative estimate of drug-likeness (QED) is 0.756. The molecule has 2 aliphatic rings. The van der Waals surface area contributed by atoms with Gasteiger partial charge in [-0.2, -0.15) is 13.2 Å². The number of hydrogen-bond acceptors (Lipinski definition) is 2. The largest absolute Gasteiger partial charge is 0.411 e. The summed E-state index contributed by atoms with van der Waals surface area (Å²) in [6.07, 6.45) is -3.02. The van der Waals surface area contributed by atoms with E-state index in [1.807, 2.05) is 0 Å². The van der Waals surface area contributed by atoms with Gasteiger partial charge in [0.25, 0.3) is 0 Å². The summed E-state index contributed by atoms with van der Waals surface area (Å²) in [4.78, 5) is 11.7. The summed E-state index contributed by atoms with van der Waals surface area (Å²) < 4.78 is 37.8. The van der Waals surface area contributed by atoms with Gasteiger partial charge in [0.05, 0.1) is 0 Å². The first-order valence-corrected chi connectivity index (χ1v) is 5.54. The van der Waals surface area contributed by atoms with Gasteiger partial charge < -0.3 is 10.6 Å². The van der Waals surface area contributed by atoms with Crippen molar-refractivity contribution in [2.45, 2.75) is 37.4 Å². The van der Waals surface area contributed by atoms with Gasteiger partial charge in [0.15, 0.2) is 0 Å². The number of carbonyl (C=O) groups excluding carboxylic acids is 1. The molecule has 16 heavy (non-hydrogen) atoms. The molecule has 0 aromatic carbocycles. The van der Waals surface area contributed by atoms with Gasteiger partial charge in [-0.3, -0.25) is 4.79 Å². The summed E-state index contributed by atoms with van der Waals surface area (Å²) >= 11 is 0. The van der Waals surface area contributed by atoms with E-state index in [4.69, 9.17) is 0 Å². The molecule has 6 heteroatoms. The monoisotopic (exact) mass is 236 g/mol. The third kappa shape index (κ3) is 2.16. The van der Waals surface area contributed by atoms with Gasteiger partial charge in [0.1, 0.15) is 5.54 Å². The minimum absolute atomic E-state index is 0.0210. The first kappa shape index (κ1) is 11.7. The highest BCUT2D eigenvalue weighted by molar-refractivity contribution is 5.80. The molecule has 0 unspecified atom stereocenters. The van der Waals surface area contributed by atoms with Gasteiger partial charge in [-0.1, -0.05) is 0 Å². The molecule has 1 aliphatic carbocycles. The van der Waals surface area contributed by atoms with Crippen LogP contribution in [0.4, 0.5) is 13.2 Å². The average Bonchev–Trinajstić information content (AvgIpc) is 2.99. The van der Waals surface area contributed by atoms with E-state index in [9.17, 15) is 18.0 Å². The number of nitrogens with one attached hydrogen (secondary N) is 2. The van der Waals surface area contributed by atoms with Crippen LogP contribution in [0, 0.1) is 5.92 Å². The van der Waals surface area contributed by atoms with E-state index < -0.39 is 17.6 Å². The first-order chi connectivity index (χ1) is 7.45. The van der Waals surface area contributed by atoms with Crippen molar-refractivity contribution in [3.05, 3.63) is 0 Å². The van der Waals surface area contributed by atoms with Gasteiger partial charge in [0, 0.05) is 5.92 Å². The van der Waals surface area contributed by atoms with E-state index >= 15 is 0 Å². The number of rotatable bonds is 2. The first-order valence-electron chi connectivity index (χ1n) is 5.54. The van der Waals surface area contributed by atoms with Crippen LogP contribution < -0.4 is 10.6 Å². The zero-order valence-corrected chi connectivity index (χ0v) is 8.86. The molecule has 1 saturated heterocycles. The maximum absolute atomic E-state index is 12.6. The molecule has 1 amide bonds. The molecule has 0 aromatic rings. The van der Waals surface area contributed by atoms with Crippen molar-refractivity contribution in [2.75, 3.05) is 13.1 Å². The second-order valence-electron chi connectivity index (χ2n) is 4.59. The predicted octanol–water partition coefficient (Wildman–Crippen LogP) is 1.20. The van der Waals surface area contributed by atoms with Crippen molar-refractivity contribution in [1.82, 2.24) is 10.6 Å². The molecule has 2 fully saturated rings. The fourth-order valence-electron chi connectivity index (χ4n) is 2.03. The highest BCUT2D eigenvalue weighted by atomic mass is 19.4. The molecular formula is C10H15F3N2O. The van der Waals surface area contributed by atoms with E-state index in [-0.39, 0.29) is 18.8 Å². The van der Waals surface area contributed by atoms with Crippen LogP contribution in [0.3, 0.4) is 0 Å². The van der Waals surface area contributed by atoms with Crippen LogP contribution >= 0.6 is 0 Å². The van der Waals surface area contributed by atoms with Crippen molar-refractivity contribution in [1.29, 1.82) is 0 Å². The molecule has 0 bridgehead atoms. The van der Waals surface area contributed by atoms with E-state index in [1.165, 1.54) is 0 Å². The lowest BCUT2D eigenvalue weighted by molar-refractivity contribution is -0.171. The number of amides is 1. The summed E-state index contributed by atoms with van der Waals surface area (Å²) in [5.74, 6) is -0.697. The normalized spacial score (nSPS) is 25.2. The predicted molar refractivity (Wildman–Crippen MR) is 51.8 cm³/mol. The topological polar surface area (TPSA) is 41.1 Å². The Morgan fingerprint density at radius 1 is 1.25 bits per heavy atom. The SMILES string of the molecule is O=C(NC1(C(F)(F)F)CC1)C1CCNCC1. The summed E-state index contributed by atoms with van der Waals surface area (Å²) in [7, 11) is 0. The molecule has 3 nitrogen and oxygen atoms in total. The van der Waals surface area contributed by atoms with Crippen molar-refractivity contribution in [2.24, 2.45) is 5.92 Å². The Bertz CT molecular complexity index is 280. The van der Waals surface area contributed by atoms with Crippen molar-refractivity contribution in [3.63, 3.8) is 0 Å². The van der Waals surface area contributed by atoms with Crippen LogP contribution in [0.1, 0.15) is 25.7 Å². The highest BCUT2D eigenvalue weighted by Gasteiger charge is 2.64. The van der Waals surface area contributed by atoms with Gasteiger partial charge >= 0.3 is 6.18 Å². The fraction of sp³-hybridized carbons (Fsp3) is 0.900. The molecular weight excluding hydrogens is 221 g/mol. The molecule has 1 aliphatic heterocycles. The van der Waals surface area contributed by atoms with Gasteiger partial charge in [0.2, 0.25) is 5.91 Å². The van der Waals surface area contributed by atoms with E-state index in [0.717, 1.165) is 0 Å². The van der Waals surface area contributed by atoms with Gasteiger partial charge in [-0.15, -0.1) is 0 Å². The Morgan fingerprint density at radius 2 is 1.81 bits per heavy atom. The summed E-state index contributed by atoms with van der Waals surface area (Å²) in [6.45, 7) is 1.41. The Labute approximate surface area is 91.8 Å². The Morgan fingerprint density at radius 3 is 2.25 bits per heavy atom. The summed E-state index contributed by atoms with van der Waals surface area (Å²) in [5.41, 5.74) is -1.91. The molecule has 0 radical (unpaired) electrons. The minimum Gasteiger partial charge on any atom is -0.342 e. The fourth-order valence-corrected chi connectivity index (χ4v) is 2.03. The highest BCUT2D eigenvalue weighted by Crippen LogP contribution is 2.49. The van der Waals surface area contributed by atoms with E-state index in [0.29, 0.717) is 25.9 Å². The van der Waals surface area contributed by atoms with Gasteiger partial charge in [-0.25, -0.2) is 0 Å². The maximum Gasteiger partial charge on any atom is 0.411 e. The second-order valence-corrected chi connectivity index (χ2v) is 4.59. The molecule has 0 spiro atoms. The summed E-state index contributed by atoms with van der Waals surface area (Å²) in [6, 6.07) is 0. The number of hydrogen-bond donors (Lipinski definition) is 2. The lowest BCUT2D eigenvalue weighted by atomic mass is 9.96. The standard InChI is InChI=1S/C10H15F3N2O/c11-10(12,13)9(3-4-9)15-8(16)7-1-5-14-6-2-7/h7,14H,1-6H2,(H,15,16). The summed E-state index contributed by atoms with van der Waals surface area (Å²) in [5, 5.41) is 5.26. The van der Waals surface area contributed by atoms with Crippen molar-refractivity contribution in [3.8, 4) is 0 Å². The van der Waals surface area contributed by atoms with Crippen LogP contribution in [0.2, 0.25) is 0 Å². The Balaban J connectivity index is 1.92. The van der Waals surface area contributed by atoms with Crippen molar-refractivity contribution < 1.29 is 18.0 Å². The average molecular weight is 236 g/mol. The van der Waals surface area contributed by atoms with Crippen LogP contribution in [0.25, 0.3) is 0 Å². The lowest BCUT2D eigenvalue weighted by Gasteiger charge is -2.26. The second kappa shape index (κ2) is 3.91. The van der Waals surface area contributed by atoms with Gasteiger partial charge in [-0.05, 0) is 38.8 Å². The molecule has 2 rings (SSSR count). The van der Waals surface area contributed by atoms with E-state index in [1.54, 1.807) is 0 Å². The van der Waals surface area contributed by atoms with Crippen molar-refractivity contribution >= 4 is 5.91 Å². The molecule has 2 N–H and O–H groups in total. The zero-order chi connectivity index (χ0) is 11.8. The number of carbonyl (C=O) groups is 1.